The molecule has 1 saturated carbocycles. The van der Waals surface area contributed by atoms with Crippen molar-refractivity contribution in [1.29, 1.82) is 0 Å². The highest BCUT2D eigenvalue weighted by Gasteiger charge is 2.60. The van der Waals surface area contributed by atoms with E-state index in [2.05, 4.69) is 0 Å². The van der Waals surface area contributed by atoms with Crippen LogP contribution in [0.2, 0.25) is 0 Å². The Balaban J connectivity index is 2.19. The van der Waals surface area contributed by atoms with Crippen LogP contribution in [0.4, 0.5) is 0 Å². The molecule has 1 fully saturated rings. The fourth-order valence-corrected chi connectivity index (χ4v) is 4.49. The second-order valence-electron chi connectivity index (χ2n) is 4.75. The zero-order chi connectivity index (χ0) is 13.2. The van der Waals surface area contributed by atoms with Crippen molar-refractivity contribution in [2.45, 2.75) is 23.5 Å². The second-order valence-corrected chi connectivity index (χ2v) is 6.88. The number of benzene rings is 1. The Bertz CT molecular complexity index is 500. The molecule has 0 bridgehead atoms. The summed E-state index contributed by atoms with van der Waals surface area (Å²) in [4.78, 5) is 0.377. The highest BCUT2D eigenvalue weighted by molar-refractivity contribution is 7.92. The molecule has 0 radical (unpaired) electrons. The maximum atomic E-state index is 12.4. The van der Waals surface area contributed by atoms with Gasteiger partial charge in [-0.05, 0) is 25.5 Å². The molecule has 0 heterocycles. The number of sulfone groups is 1. The van der Waals surface area contributed by atoms with Crippen molar-refractivity contribution in [3.8, 4) is 0 Å². The molecular formula is C13H19NO3S. The Kier molecular flexibility index (Phi) is 3.75. The van der Waals surface area contributed by atoms with Crippen LogP contribution in [0, 0.1) is 5.41 Å². The van der Waals surface area contributed by atoms with Crippen LogP contribution in [0.1, 0.15) is 13.3 Å². The maximum absolute atomic E-state index is 12.4. The van der Waals surface area contributed by atoms with Gasteiger partial charge in [0.25, 0.3) is 0 Å². The van der Waals surface area contributed by atoms with E-state index in [4.69, 9.17) is 10.5 Å². The highest BCUT2D eigenvalue weighted by Crippen LogP contribution is 2.51. The van der Waals surface area contributed by atoms with E-state index >= 15 is 0 Å². The van der Waals surface area contributed by atoms with Crippen molar-refractivity contribution < 1.29 is 13.2 Å². The molecule has 0 aromatic heterocycles. The van der Waals surface area contributed by atoms with Crippen molar-refractivity contribution in [3.63, 3.8) is 0 Å². The second kappa shape index (κ2) is 4.99. The molecule has 1 aromatic carbocycles. The topological polar surface area (TPSA) is 69.4 Å². The summed E-state index contributed by atoms with van der Waals surface area (Å²) in [5.41, 5.74) is 5.35. The van der Waals surface area contributed by atoms with E-state index in [1.165, 1.54) is 0 Å². The van der Waals surface area contributed by atoms with Gasteiger partial charge in [0.05, 0.1) is 16.8 Å². The van der Waals surface area contributed by atoms with Crippen LogP contribution < -0.4 is 5.73 Å². The van der Waals surface area contributed by atoms with E-state index in [-0.39, 0.29) is 5.41 Å². The van der Waals surface area contributed by atoms with Gasteiger partial charge >= 0.3 is 0 Å². The molecule has 100 valence electrons. The maximum Gasteiger partial charge on any atom is 0.181 e. The number of hydrogen-bond acceptors (Lipinski definition) is 4. The Hall–Kier alpha value is -0.910. The van der Waals surface area contributed by atoms with Gasteiger partial charge < -0.3 is 10.5 Å². The van der Waals surface area contributed by atoms with E-state index in [0.717, 1.165) is 0 Å². The molecule has 5 heteroatoms. The lowest BCUT2D eigenvalue weighted by molar-refractivity contribution is 0.104. The van der Waals surface area contributed by atoms with Gasteiger partial charge in [-0.15, -0.1) is 0 Å². The number of rotatable bonds is 6. The molecule has 1 aliphatic rings. The van der Waals surface area contributed by atoms with Gasteiger partial charge in [0.15, 0.2) is 9.84 Å². The van der Waals surface area contributed by atoms with Crippen LogP contribution in [-0.4, -0.2) is 33.4 Å². The van der Waals surface area contributed by atoms with Crippen LogP contribution in [0.3, 0.4) is 0 Å². The van der Waals surface area contributed by atoms with Crippen LogP contribution >= 0.6 is 0 Å². The molecule has 2 rings (SSSR count). The lowest BCUT2D eigenvalue weighted by Crippen LogP contribution is -2.28. The summed E-state index contributed by atoms with van der Waals surface area (Å²) in [6.07, 6.45) is 0.598. The number of hydrogen-bond donors (Lipinski definition) is 1. The van der Waals surface area contributed by atoms with E-state index in [9.17, 15) is 8.42 Å². The molecular weight excluding hydrogens is 250 g/mol. The third-order valence-electron chi connectivity index (χ3n) is 3.56. The summed E-state index contributed by atoms with van der Waals surface area (Å²) in [6.45, 7) is 3.26. The molecule has 0 aliphatic heterocycles. The van der Waals surface area contributed by atoms with Gasteiger partial charge in [0.1, 0.15) is 0 Å². The fraction of sp³-hybridized carbons (Fsp3) is 0.538. The van der Waals surface area contributed by atoms with Crippen LogP contribution in [-0.2, 0) is 14.6 Å². The Morgan fingerprint density at radius 3 is 2.61 bits per heavy atom. The minimum absolute atomic E-state index is 0.351. The summed E-state index contributed by atoms with van der Waals surface area (Å²) < 4.78 is 30.2. The highest BCUT2D eigenvalue weighted by atomic mass is 32.2. The van der Waals surface area contributed by atoms with Crippen LogP contribution in [0.15, 0.2) is 35.2 Å². The van der Waals surface area contributed by atoms with E-state index in [0.29, 0.717) is 31.1 Å². The molecule has 1 aromatic rings. The first-order chi connectivity index (χ1) is 8.57. The zero-order valence-corrected chi connectivity index (χ0v) is 11.3. The monoisotopic (exact) mass is 269 g/mol. The largest absolute Gasteiger partial charge is 0.381 e. The smallest absolute Gasteiger partial charge is 0.181 e. The fourth-order valence-electron chi connectivity index (χ4n) is 2.25. The van der Waals surface area contributed by atoms with Gasteiger partial charge in [-0.2, -0.15) is 0 Å². The SMILES string of the molecule is CCOC[C@]1(CN)C[C@H]1S(=O)(=O)c1ccccc1. The summed E-state index contributed by atoms with van der Waals surface area (Å²) >= 11 is 0. The molecule has 4 nitrogen and oxygen atoms in total. The first-order valence-corrected chi connectivity index (χ1v) is 7.68. The average Bonchev–Trinajstić information content (AvgIpc) is 3.14. The Morgan fingerprint density at radius 2 is 2.06 bits per heavy atom. The predicted molar refractivity (Wildman–Crippen MR) is 70.0 cm³/mol. The molecule has 0 amide bonds. The summed E-state index contributed by atoms with van der Waals surface area (Å²) in [5, 5.41) is -0.399. The molecule has 2 N–H and O–H groups in total. The minimum atomic E-state index is -3.28. The van der Waals surface area contributed by atoms with Crippen molar-refractivity contribution in [2.75, 3.05) is 19.8 Å². The normalized spacial score (nSPS) is 27.1. The molecule has 18 heavy (non-hydrogen) atoms. The number of ether oxygens (including phenoxy) is 1. The summed E-state index contributed by atoms with van der Waals surface area (Å²) in [7, 11) is -3.28. The summed E-state index contributed by atoms with van der Waals surface area (Å²) in [5.74, 6) is 0. The predicted octanol–water partition coefficient (Wildman–Crippen LogP) is 1.21. The van der Waals surface area contributed by atoms with Crippen LogP contribution in [0.5, 0.6) is 0 Å². The molecule has 1 aliphatic carbocycles. The Labute approximate surface area is 108 Å². The average molecular weight is 269 g/mol. The van der Waals surface area contributed by atoms with Gasteiger partial charge in [-0.1, -0.05) is 18.2 Å². The molecule has 0 unspecified atom stereocenters. The first-order valence-electron chi connectivity index (χ1n) is 6.13. The van der Waals surface area contributed by atoms with E-state index in [1.807, 2.05) is 13.0 Å². The quantitative estimate of drug-likeness (QED) is 0.843. The molecule has 0 spiro atoms. The van der Waals surface area contributed by atoms with E-state index < -0.39 is 15.1 Å². The summed E-state index contributed by atoms with van der Waals surface area (Å²) in [6, 6.07) is 8.55. The lowest BCUT2D eigenvalue weighted by Gasteiger charge is -2.14. The third-order valence-corrected chi connectivity index (χ3v) is 5.91. The van der Waals surface area contributed by atoms with Gasteiger partial charge in [0, 0.05) is 18.6 Å². The van der Waals surface area contributed by atoms with Crippen molar-refractivity contribution in [3.05, 3.63) is 30.3 Å². The number of nitrogens with two attached hydrogens (primary N) is 1. The van der Waals surface area contributed by atoms with Crippen molar-refractivity contribution in [2.24, 2.45) is 11.1 Å². The van der Waals surface area contributed by atoms with Crippen molar-refractivity contribution >= 4 is 9.84 Å². The third kappa shape index (κ3) is 2.30. The minimum Gasteiger partial charge on any atom is -0.381 e. The Morgan fingerprint density at radius 1 is 1.39 bits per heavy atom. The van der Waals surface area contributed by atoms with Gasteiger partial charge in [-0.25, -0.2) is 8.42 Å². The lowest BCUT2D eigenvalue weighted by atomic mass is 10.1. The van der Waals surface area contributed by atoms with Gasteiger partial charge in [-0.3, -0.25) is 0 Å². The standard InChI is InChI=1S/C13H19NO3S/c1-2-17-10-13(9-14)8-12(13)18(15,16)11-6-4-3-5-7-11/h3-7,12H,2,8-10,14H2,1H3/t12-,13-/m1/s1. The first kappa shape index (κ1) is 13.5. The zero-order valence-electron chi connectivity index (χ0n) is 10.5. The van der Waals surface area contributed by atoms with Crippen molar-refractivity contribution in [1.82, 2.24) is 0 Å². The van der Waals surface area contributed by atoms with Gasteiger partial charge in [0.2, 0.25) is 0 Å². The van der Waals surface area contributed by atoms with Crippen LogP contribution in [0.25, 0.3) is 0 Å². The molecule has 2 atom stereocenters. The van der Waals surface area contributed by atoms with E-state index in [1.54, 1.807) is 24.3 Å². The molecule has 0 saturated heterocycles.